The number of rotatable bonds is 6. The van der Waals surface area contributed by atoms with E-state index in [0.29, 0.717) is 0 Å². The predicted octanol–water partition coefficient (Wildman–Crippen LogP) is 3.60. The van der Waals surface area contributed by atoms with Gasteiger partial charge in [0.25, 0.3) is 0 Å². The summed E-state index contributed by atoms with van der Waals surface area (Å²) in [4.78, 5) is 11.7. The first kappa shape index (κ1) is 18.2. The lowest BCUT2D eigenvalue weighted by atomic mass is 10.2. The molecule has 0 aliphatic carbocycles. The molecule has 0 saturated carbocycles. The molecule has 0 spiro atoms. The van der Waals surface area contributed by atoms with Crippen molar-refractivity contribution < 1.29 is 22.3 Å². The lowest BCUT2D eigenvalue weighted by Gasteiger charge is -2.10. The Kier molecular flexibility index (Phi) is 5.80. The molecule has 0 amide bonds. The number of hydrogen-bond donors (Lipinski definition) is 1. The van der Waals surface area contributed by atoms with Crippen molar-refractivity contribution in [2.24, 2.45) is 0 Å². The van der Waals surface area contributed by atoms with E-state index in [4.69, 9.17) is 16.3 Å². The van der Waals surface area contributed by atoms with Gasteiger partial charge in [0, 0.05) is 5.56 Å². The van der Waals surface area contributed by atoms with Crippen molar-refractivity contribution in [3.05, 3.63) is 64.4 Å². The second-order valence-corrected chi connectivity index (χ2v) is 7.00. The molecule has 0 unspecified atom stereocenters. The van der Waals surface area contributed by atoms with Crippen molar-refractivity contribution in [3.63, 3.8) is 0 Å². The number of benzene rings is 2. The van der Waals surface area contributed by atoms with Crippen LogP contribution in [-0.2, 0) is 20.5 Å². The van der Waals surface area contributed by atoms with Gasteiger partial charge in [-0.2, -0.15) is 0 Å². The quantitative estimate of drug-likeness (QED) is 0.787. The Morgan fingerprint density at radius 3 is 2.58 bits per heavy atom. The molecule has 0 radical (unpaired) electrons. The van der Waals surface area contributed by atoms with Crippen LogP contribution in [0.25, 0.3) is 0 Å². The summed E-state index contributed by atoms with van der Waals surface area (Å²) in [6.07, 6.45) is 0. The molecule has 0 saturated heterocycles. The van der Waals surface area contributed by atoms with Crippen molar-refractivity contribution in [2.75, 3.05) is 11.3 Å². The van der Waals surface area contributed by atoms with Crippen molar-refractivity contribution >= 4 is 33.3 Å². The Bertz CT molecular complexity index is 855. The fraction of sp³-hybridized carbons (Fsp3) is 0.188. The lowest BCUT2D eigenvalue weighted by molar-refractivity contribution is 0.0526. The van der Waals surface area contributed by atoms with Gasteiger partial charge in [-0.3, -0.25) is 4.72 Å². The number of esters is 1. The van der Waals surface area contributed by atoms with Gasteiger partial charge in [-0.05, 0) is 31.2 Å². The summed E-state index contributed by atoms with van der Waals surface area (Å²) in [7, 11) is -3.84. The van der Waals surface area contributed by atoms with Gasteiger partial charge in [0.1, 0.15) is 5.82 Å². The molecule has 0 fully saturated rings. The highest BCUT2D eigenvalue weighted by Gasteiger charge is 2.17. The van der Waals surface area contributed by atoms with Gasteiger partial charge >= 0.3 is 5.97 Å². The van der Waals surface area contributed by atoms with Crippen LogP contribution in [0.4, 0.5) is 10.1 Å². The fourth-order valence-corrected chi connectivity index (χ4v) is 3.45. The molecule has 5 nitrogen and oxygen atoms in total. The van der Waals surface area contributed by atoms with Crippen LogP contribution in [0, 0.1) is 5.82 Å². The van der Waals surface area contributed by atoms with Crippen molar-refractivity contribution in [1.82, 2.24) is 0 Å². The molecule has 0 aliphatic heterocycles. The Morgan fingerprint density at radius 2 is 1.96 bits per heavy atom. The zero-order valence-corrected chi connectivity index (χ0v) is 14.3. The molecule has 0 atom stereocenters. The highest BCUT2D eigenvalue weighted by Crippen LogP contribution is 2.23. The normalized spacial score (nSPS) is 11.1. The molecule has 128 valence electrons. The fourth-order valence-electron chi connectivity index (χ4n) is 1.99. The summed E-state index contributed by atoms with van der Waals surface area (Å²) in [5, 5.41) is 0.0551. The topological polar surface area (TPSA) is 72.5 Å². The average molecular weight is 372 g/mol. The Morgan fingerprint density at radius 1 is 1.25 bits per heavy atom. The third-order valence-corrected chi connectivity index (χ3v) is 4.59. The molecule has 0 bridgehead atoms. The maximum absolute atomic E-state index is 13.6. The number of ether oxygens (including phenoxy) is 1. The van der Waals surface area contributed by atoms with E-state index in [2.05, 4.69) is 4.72 Å². The second-order valence-electron chi connectivity index (χ2n) is 4.87. The van der Waals surface area contributed by atoms with Crippen LogP contribution < -0.4 is 4.72 Å². The molecule has 8 heteroatoms. The van der Waals surface area contributed by atoms with Crippen LogP contribution in [0.3, 0.4) is 0 Å². The molecule has 2 aromatic rings. The molecule has 24 heavy (non-hydrogen) atoms. The maximum Gasteiger partial charge on any atom is 0.339 e. The monoisotopic (exact) mass is 371 g/mol. The van der Waals surface area contributed by atoms with Crippen molar-refractivity contribution in [2.45, 2.75) is 12.7 Å². The van der Waals surface area contributed by atoms with Gasteiger partial charge in [0.2, 0.25) is 10.0 Å². The van der Waals surface area contributed by atoms with E-state index < -0.39 is 27.6 Å². The van der Waals surface area contributed by atoms with Crippen LogP contribution in [-0.4, -0.2) is 21.0 Å². The van der Waals surface area contributed by atoms with E-state index in [1.54, 1.807) is 13.0 Å². The number of nitrogens with one attached hydrogen (secondary N) is 1. The standard InChI is InChI=1S/C16H15ClFNO4S/c1-2-23-16(20)13-8-7-12(9-14(13)17)19-24(21,22)10-11-5-3-4-6-15(11)18/h3-9,19H,2,10H2,1H3. The van der Waals surface area contributed by atoms with Gasteiger partial charge in [-0.25, -0.2) is 17.6 Å². The first-order chi connectivity index (χ1) is 11.3. The molecule has 1 N–H and O–H groups in total. The Hall–Kier alpha value is -2.12. The number of sulfonamides is 1. The van der Waals surface area contributed by atoms with E-state index in [0.717, 1.165) is 0 Å². The van der Waals surface area contributed by atoms with E-state index in [1.807, 2.05) is 0 Å². The first-order valence-electron chi connectivity index (χ1n) is 7.03. The molecular formula is C16H15ClFNO4S. The van der Waals surface area contributed by atoms with Crippen LogP contribution in [0.1, 0.15) is 22.8 Å². The summed E-state index contributed by atoms with van der Waals surface area (Å²) in [5.74, 6) is -1.71. The zero-order valence-electron chi connectivity index (χ0n) is 12.8. The molecule has 0 aliphatic rings. The summed E-state index contributed by atoms with van der Waals surface area (Å²) in [6, 6.07) is 9.66. The van der Waals surface area contributed by atoms with E-state index in [9.17, 15) is 17.6 Å². The maximum atomic E-state index is 13.6. The molecule has 2 rings (SSSR count). The number of hydrogen-bond acceptors (Lipinski definition) is 4. The SMILES string of the molecule is CCOC(=O)c1ccc(NS(=O)(=O)Cc2ccccc2F)cc1Cl. The van der Waals surface area contributed by atoms with E-state index in [1.165, 1.54) is 36.4 Å². The first-order valence-corrected chi connectivity index (χ1v) is 9.06. The van der Waals surface area contributed by atoms with Gasteiger partial charge in [-0.1, -0.05) is 29.8 Å². The third-order valence-electron chi connectivity index (χ3n) is 3.04. The summed E-state index contributed by atoms with van der Waals surface area (Å²) in [5.41, 5.74) is 0.360. The molecule has 0 heterocycles. The summed E-state index contributed by atoms with van der Waals surface area (Å²) in [6.45, 7) is 1.86. The van der Waals surface area contributed by atoms with Crippen molar-refractivity contribution in [3.8, 4) is 0 Å². The minimum absolute atomic E-state index is 0.0549. The number of halogens is 2. The Labute approximate surface area is 144 Å². The van der Waals surface area contributed by atoms with Gasteiger partial charge < -0.3 is 4.74 Å². The third kappa shape index (κ3) is 4.69. The van der Waals surface area contributed by atoms with E-state index >= 15 is 0 Å². The second kappa shape index (κ2) is 7.63. The largest absolute Gasteiger partial charge is 0.462 e. The Balaban J connectivity index is 2.17. The molecule has 0 aromatic heterocycles. The van der Waals surface area contributed by atoms with Crippen LogP contribution in [0.2, 0.25) is 5.02 Å². The highest BCUT2D eigenvalue weighted by molar-refractivity contribution is 7.91. The minimum Gasteiger partial charge on any atom is -0.462 e. The minimum atomic E-state index is -3.84. The smallest absolute Gasteiger partial charge is 0.339 e. The number of carbonyl (C=O) groups excluding carboxylic acids is 1. The van der Waals surface area contributed by atoms with E-state index in [-0.39, 0.29) is 28.4 Å². The number of carbonyl (C=O) groups is 1. The van der Waals surface area contributed by atoms with Crippen LogP contribution in [0.5, 0.6) is 0 Å². The summed E-state index contributed by atoms with van der Waals surface area (Å²) >= 11 is 5.98. The van der Waals surface area contributed by atoms with Crippen LogP contribution in [0.15, 0.2) is 42.5 Å². The van der Waals surface area contributed by atoms with Crippen LogP contribution >= 0.6 is 11.6 Å². The van der Waals surface area contributed by atoms with Gasteiger partial charge in [0.05, 0.1) is 28.6 Å². The summed E-state index contributed by atoms with van der Waals surface area (Å²) < 4.78 is 45.0. The average Bonchev–Trinajstić information content (AvgIpc) is 2.49. The molecular weight excluding hydrogens is 357 g/mol. The highest BCUT2D eigenvalue weighted by atomic mass is 35.5. The zero-order chi connectivity index (χ0) is 17.7. The predicted molar refractivity (Wildman–Crippen MR) is 90.1 cm³/mol. The number of anilines is 1. The molecule has 2 aromatic carbocycles. The van der Waals surface area contributed by atoms with Crippen molar-refractivity contribution in [1.29, 1.82) is 0 Å². The van der Waals surface area contributed by atoms with Gasteiger partial charge in [-0.15, -0.1) is 0 Å². The van der Waals surface area contributed by atoms with Gasteiger partial charge in [0.15, 0.2) is 0 Å². The lowest BCUT2D eigenvalue weighted by Crippen LogP contribution is -2.16.